The molecule has 1 saturated heterocycles. The van der Waals surface area contributed by atoms with Crippen molar-refractivity contribution in [3.63, 3.8) is 0 Å². The lowest BCUT2D eigenvalue weighted by molar-refractivity contribution is -0.116. The maximum Gasteiger partial charge on any atom is 0.243 e. The number of carbonyl (C=O) groups is 1. The molecule has 2 aromatic carbocycles. The summed E-state index contributed by atoms with van der Waals surface area (Å²) in [4.78, 5) is 18.6. The summed E-state index contributed by atoms with van der Waals surface area (Å²) in [5, 5.41) is 5.69. The van der Waals surface area contributed by atoms with Crippen LogP contribution < -0.4 is 14.9 Å². The molecule has 174 valence electrons. The standard InChI is InChI=1S/C22H23FN4O4S2/c23-18-3-1-2-4-20(18)33(29,30)24-10-9-21(28)25-17-7-5-16(6-8-17)19-15-32-22(26-19)27-11-13-31-14-12-27/h1-8,15,24H,9-14H2,(H,25,28). The first kappa shape index (κ1) is 23.3. The Hall–Kier alpha value is -2.86. The Bertz CT molecular complexity index is 1210. The summed E-state index contributed by atoms with van der Waals surface area (Å²) in [6, 6.07) is 12.4. The van der Waals surface area contributed by atoms with Gasteiger partial charge in [-0.05, 0) is 24.3 Å². The fourth-order valence-electron chi connectivity index (χ4n) is 3.28. The van der Waals surface area contributed by atoms with Gasteiger partial charge in [0.2, 0.25) is 15.9 Å². The average Bonchev–Trinajstić information content (AvgIpc) is 3.30. The predicted molar refractivity (Wildman–Crippen MR) is 125 cm³/mol. The van der Waals surface area contributed by atoms with E-state index in [0.717, 1.165) is 35.5 Å². The van der Waals surface area contributed by atoms with E-state index in [1.807, 2.05) is 17.5 Å². The molecule has 1 fully saturated rings. The number of aromatic nitrogens is 1. The molecule has 8 nitrogen and oxygen atoms in total. The maximum atomic E-state index is 13.7. The number of nitrogens with zero attached hydrogens (tertiary/aromatic N) is 2. The topological polar surface area (TPSA) is 101 Å². The van der Waals surface area contributed by atoms with Gasteiger partial charge in [-0.15, -0.1) is 11.3 Å². The lowest BCUT2D eigenvalue weighted by atomic mass is 10.1. The molecule has 3 aromatic rings. The number of sulfonamides is 1. The molecule has 0 bridgehead atoms. The van der Waals surface area contributed by atoms with Gasteiger partial charge in [0.25, 0.3) is 0 Å². The highest BCUT2D eigenvalue weighted by Crippen LogP contribution is 2.28. The molecule has 1 amide bonds. The number of amides is 1. The largest absolute Gasteiger partial charge is 0.378 e. The molecule has 1 aliphatic heterocycles. The number of anilines is 2. The zero-order chi connectivity index (χ0) is 23.3. The number of hydrogen-bond donors (Lipinski definition) is 2. The summed E-state index contributed by atoms with van der Waals surface area (Å²) >= 11 is 1.59. The van der Waals surface area contributed by atoms with E-state index in [4.69, 9.17) is 9.72 Å². The number of rotatable bonds is 8. The van der Waals surface area contributed by atoms with Gasteiger partial charge in [-0.1, -0.05) is 24.3 Å². The minimum absolute atomic E-state index is 0.0928. The van der Waals surface area contributed by atoms with Crippen molar-refractivity contribution in [2.24, 2.45) is 0 Å². The fraction of sp³-hybridized carbons (Fsp3) is 0.273. The van der Waals surface area contributed by atoms with Crippen LogP contribution in [0.5, 0.6) is 0 Å². The van der Waals surface area contributed by atoms with Crippen molar-refractivity contribution in [1.29, 1.82) is 0 Å². The second-order valence-electron chi connectivity index (χ2n) is 7.32. The molecule has 1 aliphatic rings. The Kier molecular flexibility index (Phi) is 7.33. The van der Waals surface area contributed by atoms with E-state index >= 15 is 0 Å². The number of thiazole rings is 1. The van der Waals surface area contributed by atoms with Gasteiger partial charge in [-0.3, -0.25) is 4.79 Å². The lowest BCUT2D eigenvalue weighted by Gasteiger charge is -2.26. The molecule has 1 aromatic heterocycles. The van der Waals surface area contributed by atoms with Crippen LogP contribution in [0.15, 0.2) is 58.8 Å². The molecule has 0 aliphatic carbocycles. The maximum absolute atomic E-state index is 13.7. The van der Waals surface area contributed by atoms with Gasteiger partial charge < -0.3 is 15.0 Å². The van der Waals surface area contributed by atoms with Crippen LogP contribution in [0, 0.1) is 5.82 Å². The van der Waals surface area contributed by atoms with E-state index in [1.54, 1.807) is 23.5 Å². The second-order valence-corrected chi connectivity index (χ2v) is 9.89. The summed E-state index contributed by atoms with van der Waals surface area (Å²) in [6.07, 6.45) is -0.0928. The quantitative estimate of drug-likeness (QED) is 0.503. The number of benzene rings is 2. The molecular formula is C22H23FN4O4S2. The molecule has 2 N–H and O–H groups in total. The number of morpholine rings is 1. The van der Waals surface area contributed by atoms with Crippen LogP contribution in [0.1, 0.15) is 6.42 Å². The van der Waals surface area contributed by atoms with Crippen LogP contribution in [0.4, 0.5) is 15.2 Å². The number of nitrogens with one attached hydrogen (secondary N) is 2. The molecule has 0 spiro atoms. The number of hydrogen-bond acceptors (Lipinski definition) is 7. The third-order valence-electron chi connectivity index (χ3n) is 5.01. The summed E-state index contributed by atoms with van der Waals surface area (Å²) in [6.45, 7) is 2.91. The van der Waals surface area contributed by atoms with Crippen LogP contribution in [0.3, 0.4) is 0 Å². The van der Waals surface area contributed by atoms with Gasteiger partial charge in [0.05, 0.1) is 18.9 Å². The van der Waals surface area contributed by atoms with Crippen molar-refractivity contribution in [3.05, 3.63) is 59.7 Å². The Balaban J connectivity index is 1.29. The Morgan fingerprint density at radius 2 is 1.85 bits per heavy atom. The van der Waals surface area contributed by atoms with E-state index in [-0.39, 0.29) is 18.9 Å². The van der Waals surface area contributed by atoms with Crippen molar-refractivity contribution in [2.75, 3.05) is 43.1 Å². The Morgan fingerprint density at radius 3 is 2.58 bits per heavy atom. The van der Waals surface area contributed by atoms with Gasteiger partial charge in [0, 0.05) is 42.7 Å². The summed E-state index contributed by atoms with van der Waals surface area (Å²) < 4.78 is 45.7. The molecule has 4 rings (SSSR count). The molecule has 2 heterocycles. The van der Waals surface area contributed by atoms with Crippen molar-refractivity contribution in [1.82, 2.24) is 9.71 Å². The van der Waals surface area contributed by atoms with Gasteiger partial charge >= 0.3 is 0 Å². The Labute approximate surface area is 195 Å². The Morgan fingerprint density at radius 1 is 1.12 bits per heavy atom. The highest BCUT2D eigenvalue weighted by atomic mass is 32.2. The molecule has 33 heavy (non-hydrogen) atoms. The van der Waals surface area contributed by atoms with Gasteiger partial charge in [0.1, 0.15) is 10.7 Å². The van der Waals surface area contributed by atoms with Crippen LogP contribution in [-0.2, 0) is 19.6 Å². The highest BCUT2D eigenvalue weighted by Gasteiger charge is 2.18. The lowest BCUT2D eigenvalue weighted by Crippen LogP contribution is -2.36. The van der Waals surface area contributed by atoms with Crippen molar-refractivity contribution >= 4 is 38.1 Å². The minimum atomic E-state index is -4.02. The molecule has 0 saturated carbocycles. The van der Waals surface area contributed by atoms with Crippen molar-refractivity contribution < 1.29 is 22.3 Å². The number of carbonyl (C=O) groups excluding carboxylic acids is 1. The molecule has 11 heteroatoms. The molecule has 0 unspecified atom stereocenters. The summed E-state index contributed by atoms with van der Waals surface area (Å²) in [7, 11) is -4.02. The van der Waals surface area contributed by atoms with Crippen LogP contribution in [0.2, 0.25) is 0 Å². The van der Waals surface area contributed by atoms with E-state index in [1.165, 1.54) is 18.2 Å². The van der Waals surface area contributed by atoms with Crippen molar-refractivity contribution in [3.8, 4) is 11.3 Å². The van der Waals surface area contributed by atoms with E-state index in [9.17, 15) is 17.6 Å². The molecular weight excluding hydrogens is 467 g/mol. The van der Waals surface area contributed by atoms with Crippen LogP contribution >= 0.6 is 11.3 Å². The zero-order valence-electron chi connectivity index (χ0n) is 17.7. The minimum Gasteiger partial charge on any atom is -0.378 e. The van der Waals surface area contributed by atoms with Gasteiger partial charge in [0.15, 0.2) is 5.13 Å². The average molecular weight is 491 g/mol. The van der Waals surface area contributed by atoms with Crippen LogP contribution in [0.25, 0.3) is 11.3 Å². The first-order valence-corrected chi connectivity index (χ1v) is 12.7. The number of halogens is 1. The monoisotopic (exact) mass is 490 g/mol. The highest BCUT2D eigenvalue weighted by molar-refractivity contribution is 7.89. The third-order valence-corrected chi connectivity index (χ3v) is 7.40. The first-order valence-electron chi connectivity index (χ1n) is 10.3. The zero-order valence-corrected chi connectivity index (χ0v) is 19.3. The van der Waals surface area contributed by atoms with E-state index in [0.29, 0.717) is 18.9 Å². The number of ether oxygens (including phenoxy) is 1. The third kappa shape index (κ3) is 5.93. The second kappa shape index (κ2) is 10.4. The van der Waals surface area contributed by atoms with Crippen molar-refractivity contribution in [2.45, 2.75) is 11.3 Å². The molecule has 0 radical (unpaired) electrons. The first-order chi connectivity index (χ1) is 15.9. The summed E-state index contributed by atoms with van der Waals surface area (Å²) in [5.41, 5.74) is 2.38. The van der Waals surface area contributed by atoms with E-state index < -0.39 is 20.7 Å². The smallest absolute Gasteiger partial charge is 0.243 e. The van der Waals surface area contributed by atoms with E-state index in [2.05, 4.69) is 14.9 Å². The van der Waals surface area contributed by atoms with Crippen LogP contribution in [-0.4, -0.2) is 52.2 Å². The molecule has 0 atom stereocenters. The SMILES string of the molecule is O=C(CCNS(=O)(=O)c1ccccc1F)Nc1ccc(-c2csc(N3CCOCC3)n2)cc1. The predicted octanol–water partition coefficient (Wildman–Crippen LogP) is 3.09. The van der Waals surface area contributed by atoms with Gasteiger partial charge in [-0.25, -0.2) is 22.5 Å². The normalized spacial score (nSPS) is 14.3. The fourth-order valence-corrected chi connectivity index (χ4v) is 5.28. The summed E-state index contributed by atoms with van der Waals surface area (Å²) in [5.74, 6) is -1.20. The van der Waals surface area contributed by atoms with Gasteiger partial charge in [-0.2, -0.15) is 0 Å².